The number of aromatic amines is 1. The predicted octanol–water partition coefficient (Wildman–Crippen LogP) is 2.53. The summed E-state index contributed by atoms with van der Waals surface area (Å²) >= 11 is 0. The summed E-state index contributed by atoms with van der Waals surface area (Å²) in [6.45, 7) is 10.9. The number of hydrogen-bond acceptors (Lipinski definition) is 5. The van der Waals surface area contributed by atoms with Crippen LogP contribution in [0.4, 0.5) is 4.79 Å². The van der Waals surface area contributed by atoms with Crippen LogP contribution in [0.25, 0.3) is 10.9 Å². The van der Waals surface area contributed by atoms with Gasteiger partial charge in [0.05, 0.1) is 0 Å². The maximum atomic E-state index is 13.5. The van der Waals surface area contributed by atoms with Crippen molar-refractivity contribution in [3.8, 4) is 0 Å². The van der Waals surface area contributed by atoms with Crippen molar-refractivity contribution in [3.05, 3.63) is 36.0 Å². The molecule has 1 fully saturated rings. The molecule has 0 radical (unpaired) electrons. The maximum absolute atomic E-state index is 13.5. The minimum atomic E-state index is -0.997. The largest absolute Gasteiger partial charge is 0.444 e. The summed E-state index contributed by atoms with van der Waals surface area (Å²) in [6.07, 6.45) is 2.37. The second kappa shape index (κ2) is 11.7. The fourth-order valence-electron chi connectivity index (χ4n) is 4.38. The Kier molecular flexibility index (Phi) is 8.83. The molecule has 4 amide bonds. The van der Waals surface area contributed by atoms with Crippen molar-refractivity contribution in [1.82, 2.24) is 26.3 Å². The van der Waals surface area contributed by atoms with Crippen LogP contribution in [-0.4, -0.2) is 58.6 Å². The summed E-state index contributed by atoms with van der Waals surface area (Å²) in [5.41, 5.74) is 1.01. The Morgan fingerprint density at radius 1 is 1.14 bits per heavy atom. The lowest BCUT2D eigenvalue weighted by Crippen LogP contribution is -2.58. The third kappa shape index (κ3) is 7.47. The van der Waals surface area contributed by atoms with E-state index in [1.807, 2.05) is 45.0 Å². The average Bonchev–Trinajstić information content (AvgIpc) is 3.36. The number of benzene rings is 1. The highest BCUT2D eigenvalue weighted by Crippen LogP contribution is 2.20. The molecule has 0 bridgehead atoms. The van der Waals surface area contributed by atoms with Gasteiger partial charge in [0, 0.05) is 29.6 Å². The van der Waals surface area contributed by atoms with Crippen LogP contribution in [0.3, 0.4) is 0 Å². The fourth-order valence-corrected chi connectivity index (χ4v) is 4.38. The number of fused-ring (bicyclic) bond motifs is 1. The normalized spacial score (nSPS) is 20.0. The Hall–Kier alpha value is -3.56. The first kappa shape index (κ1) is 28.0. The Bertz CT molecular complexity index is 1140. The lowest BCUT2D eigenvalue weighted by molar-refractivity contribution is -0.133. The number of para-hydroxylation sites is 1. The molecule has 10 nitrogen and oxygen atoms in total. The second-order valence-electron chi connectivity index (χ2n) is 10.8. The highest BCUT2D eigenvalue weighted by Gasteiger charge is 2.35. The molecule has 1 aliphatic rings. The zero-order valence-electron chi connectivity index (χ0n) is 22.4. The van der Waals surface area contributed by atoms with E-state index in [2.05, 4.69) is 26.3 Å². The highest BCUT2D eigenvalue weighted by molar-refractivity contribution is 5.95. The molecular weight excluding hydrogens is 474 g/mol. The van der Waals surface area contributed by atoms with Crippen molar-refractivity contribution in [3.63, 3.8) is 0 Å². The van der Waals surface area contributed by atoms with Crippen LogP contribution in [-0.2, 0) is 25.5 Å². The second-order valence-corrected chi connectivity index (χ2v) is 10.8. The lowest BCUT2D eigenvalue weighted by Gasteiger charge is -2.28. The Labute approximate surface area is 217 Å². The number of aromatic nitrogens is 1. The molecule has 1 aliphatic heterocycles. The number of carbonyl (C=O) groups excluding carboxylic acids is 4. The van der Waals surface area contributed by atoms with Crippen LogP contribution in [0, 0.1) is 5.92 Å². The molecule has 5 unspecified atom stereocenters. The van der Waals surface area contributed by atoms with E-state index < -0.39 is 41.6 Å². The van der Waals surface area contributed by atoms with Gasteiger partial charge in [0.2, 0.25) is 17.7 Å². The molecule has 0 saturated carbocycles. The minimum absolute atomic E-state index is 0.0342. The number of amides is 4. The van der Waals surface area contributed by atoms with Crippen molar-refractivity contribution < 1.29 is 23.9 Å². The molecule has 3 rings (SSSR count). The van der Waals surface area contributed by atoms with E-state index in [4.69, 9.17) is 4.74 Å². The third-order valence-corrected chi connectivity index (χ3v) is 6.51. The minimum Gasteiger partial charge on any atom is -0.444 e. The molecule has 2 aromatic rings. The first-order chi connectivity index (χ1) is 17.4. The van der Waals surface area contributed by atoms with Gasteiger partial charge in [-0.25, -0.2) is 4.79 Å². The van der Waals surface area contributed by atoms with E-state index in [1.165, 1.54) is 0 Å². The summed E-state index contributed by atoms with van der Waals surface area (Å²) in [5, 5.41) is 12.0. The van der Waals surface area contributed by atoms with Crippen LogP contribution < -0.4 is 21.3 Å². The molecule has 5 atom stereocenters. The first-order valence-corrected chi connectivity index (χ1v) is 12.8. The summed E-state index contributed by atoms with van der Waals surface area (Å²) in [7, 11) is 0. The smallest absolute Gasteiger partial charge is 0.408 e. The number of H-pyrrole nitrogens is 1. The van der Waals surface area contributed by atoms with Gasteiger partial charge in [-0.3, -0.25) is 14.4 Å². The molecule has 10 heteroatoms. The summed E-state index contributed by atoms with van der Waals surface area (Å²) in [6, 6.07) is 5.12. The van der Waals surface area contributed by atoms with Gasteiger partial charge < -0.3 is 31.0 Å². The van der Waals surface area contributed by atoms with E-state index in [0.29, 0.717) is 12.8 Å². The van der Waals surface area contributed by atoms with Crippen LogP contribution in [0.2, 0.25) is 0 Å². The molecule has 0 spiro atoms. The number of rotatable bonds is 9. The number of carbonyl (C=O) groups is 4. The molecule has 2 heterocycles. The van der Waals surface area contributed by atoms with Gasteiger partial charge in [-0.1, -0.05) is 38.5 Å². The number of alkyl carbamates (subject to hydrolysis) is 1. The molecule has 1 saturated heterocycles. The molecular formula is C27H39N5O5. The van der Waals surface area contributed by atoms with Gasteiger partial charge in [-0.15, -0.1) is 0 Å². The zero-order valence-corrected chi connectivity index (χ0v) is 22.4. The average molecular weight is 514 g/mol. The Morgan fingerprint density at radius 2 is 1.84 bits per heavy atom. The van der Waals surface area contributed by atoms with Crippen molar-refractivity contribution in [2.45, 2.75) is 90.6 Å². The standard InChI is InChI=1S/C27H39N5O5/c1-7-15(2)22(25(35)30-20-12-16(3)29-23(20)33)32-24(34)21(31-26(36)37-27(4,5)6)13-17-14-28-19-11-9-8-10-18(17)19/h8-11,14-16,20-22,28H,7,12-13H2,1-6H3,(H,29,33)(H,30,35)(H,31,36)(H,32,34). The van der Waals surface area contributed by atoms with Crippen molar-refractivity contribution in [1.29, 1.82) is 0 Å². The van der Waals surface area contributed by atoms with Crippen LogP contribution in [0.5, 0.6) is 0 Å². The first-order valence-electron chi connectivity index (χ1n) is 12.8. The number of ether oxygens (including phenoxy) is 1. The Balaban J connectivity index is 1.81. The number of hydrogen-bond donors (Lipinski definition) is 5. The predicted molar refractivity (Wildman–Crippen MR) is 141 cm³/mol. The molecule has 5 N–H and O–H groups in total. The summed E-state index contributed by atoms with van der Waals surface area (Å²) < 4.78 is 5.40. The third-order valence-electron chi connectivity index (χ3n) is 6.51. The van der Waals surface area contributed by atoms with E-state index in [1.54, 1.807) is 27.0 Å². The zero-order chi connectivity index (χ0) is 27.3. The van der Waals surface area contributed by atoms with Gasteiger partial charge >= 0.3 is 6.09 Å². The van der Waals surface area contributed by atoms with E-state index in [-0.39, 0.29) is 24.3 Å². The van der Waals surface area contributed by atoms with Crippen molar-refractivity contribution in [2.24, 2.45) is 5.92 Å². The maximum Gasteiger partial charge on any atom is 0.408 e. The van der Waals surface area contributed by atoms with E-state index in [9.17, 15) is 19.2 Å². The van der Waals surface area contributed by atoms with Gasteiger partial charge in [0.1, 0.15) is 23.7 Å². The molecule has 37 heavy (non-hydrogen) atoms. The summed E-state index contributed by atoms with van der Waals surface area (Å²) in [5.74, 6) is -1.39. The molecule has 202 valence electrons. The van der Waals surface area contributed by atoms with Gasteiger partial charge in [0.15, 0.2) is 0 Å². The van der Waals surface area contributed by atoms with Crippen LogP contribution in [0.15, 0.2) is 30.5 Å². The van der Waals surface area contributed by atoms with Crippen molar-refractivity contribution in [2.75, 3.05) is 0 Å². The van der Waals surface area contributed by atoms with Crippen LogP contribution in [0.1, 0.15) is 59.9 Å². The quantitative estimate of drug-likeness (QED) is 0.350. The van der Waals surface area contributed by atoms with E-state index >= 15 is 0 Å². The number of nitrogens with one attached hydrogen (secondary N) is 5. The monoisotopic (exact) mass is 513 g/mol. The molecule has 0 aliphatic carbocycles. The summed E-state index contributed by atoms with van der Waals surface area (Å²) in [4.78, 5) is 54.7. The molecule has 1 aromatic carbocycles. The lowest BCUT2D eigenvalue weighted by atomic mass is 9.96. The van der Waals surface area contributed by atoms with Gasteiger partial charge in [-0.2, -0.15) is 0 Å². The van der Waals surface area contributed by atoms with Crippen LogP contribution >= 0.6 is 0 Å². The topological polar surface area (TPSA) is 141 Å². The highest BCUT2D eigenvalue weighted by atomic mass is 16.6. The van der Waals surface area contributed by atoms with Gasteiger partial charge in [-0.05, 0) is 51.7 Å². The van der Waals surface area contributed by atoms with E-state index in [0.717, 1.165) is 16.5 Å². The molecule has 1 aromatic heterocycles. The van der Waals surface area contributed by atoms with Gasteiger partial charge in [0.25, 0.3) is 0 Å². The SMILES string of the molecule is CCC(C)C(NC(=O)C(Cc1c[nH]c2ccccc12)NC(=O)OC(C)(C)C)C(=O)NC1CC(C)NC1=O. The van der Waals surface area contributed by atoms with Crippen molar-refractivity contribution >= 4 is 34.7 Å². The fraction of sp³-hybridized carbons (Fsp3) is 0.556. The Morgan fingerprint density at radius 3 is 2.46 bits per heavy atom.